The van der Waals surface area contributed by atoms with E-state index in [0.717, 1.165) is 19.3 Å². The Kier molecular flexibility index (Phi) is 18.4. The molecule has 0 aromatic heterocycles. The van der Waals surface area contributed by atoms with Gasteiger partial charge in [-0.2, -0.15) is 0 Å². The number of aliphatic hydroxyl groups is 1. The average molecular weight is 249 g/mol. The summed E-state index contributed by atoms with van der Waals surface area (Å²) in [6.07, 6.45) is 6.27. The van der Waals surface area contributed by atoms with E-state index in [1.807, 2.05) is 27.7 Å². The van der Waals surface area contributed by atoms with Gasteiger partial charge in [-0.05, 0) is 32.3 Å². The van der Waals surface area contributed by atoms with E-state index in [9.17, 15) is 9.90 Å². The van der Waals surface area contributed by atoms with Crippen LogP contribution >= 0.6 is 12.4 Å². The topological polar surface area (TPSA) is 37.3 Å². The summed E-state index contributed by atoms with van der Waals surface area (Å²) in [4.78, 5) is 10.9. The van der Waals surface area contributed by atoms with Crippen molar-refractivity contribution < 1.29 is 9.90 Å². The van der Waals surface area contributed by atoms with Crippen LogP contribution in [0, 0.1) is 0 Å². The van der Waals surface area contributed by atoms with Crippen LogP contribution in [-0.2, 0) is 4.79 Å². The zero-order chi connectivity index (χ0) is 12.3. The molecule has 0 unspecified atom stereocenters. The van der Waals surface area contributed by atoms with Crippen LogP contribution in [0.4, 0.5) is 0 Å². The van der Waals surface area contributed by atoms with Crippen molar-refractivity contribution in [3.05, 3.63) is 23.5 Å². The van der Waals surface area contributed by atoms with Crippen molar-refractivity contribution in [3.63, 3.8) is 0 Å². The molecule has 96 valence electrons. The Labute approximate surface area is 106 Å². The Morgan fingerprint density at radius 3 is 2.00 bits per heavy atom. The van der Waals surface area contributed by atoms with E-state index >= 15 is 0 Å². The standard InChI is InChI=1S/C9H12O2.2C2H6.ClH/c1-7(10)8-5-3-2-4-6-9(8)11;2*1-2;/h5-6,11H,2-4H2,1H3;2*1-2H3;1H. The summed E-state index contributed by atoms with van der Waals surface area (Å²) in [6, 6.07) is 0. The largest absolute Gasteiger partial charge is 0.508 e. The predicted molar refractivity (Wildman–Crippen MR) is 73.3 cm³/mol. The van der Waals surface area contributed by atoms with Crippen LogP contribution in [0.3, 0.4) is 0 Å². The molecular weight excluding hydrogens is 224 g/mol. The van der Waals surface area contributed by atoms with Crippen LogP contribution in [0.1, 0.15) is 53.9 Å². The van der Waals surface area contributed by atoms with Gasteiger partial charge >= 0.3 is 0 Å². The molecule has 1 aliphatic carbocycles. The summed E-state index contributed by atoms with van der Waals surface area (Å²) < 4.78 is 0. The second-order valence-corrected chi connectivity index (χ2v) is 2.69. The minimum atomic E-state index is -0.0550. The monoisotopic (exact) mass is 248 g/mol. The van der Waals surface area contributed by atoms with Crippen LogP contribution in [0.25, 0.3) is 0 Å². The summed E-state index contributed by atoms with van der Waals surface area (Å²) in [5, 5.41) is 9.29. The van der Waals surface area contributed by atoms with E-state index in [0.29, 0.717) is 5.57 Å². The minimum Gasteiger partial charge on any atom is -0.508 e. The number of ketones is 1. The normalized spacial score (nSPS) is 13.3. The Morgan fingerprint density at radius 1 is 1.12 bits per heavy atom. The molecule has 0 saturated heterocycles. The fourth-order valence-electron chi connectivity index (χ4n) is 1.14. The van der Waals surface area contributed by atoms with Gasteiger partial charge in [0, 0.05) is 0 Å². The van der Waals surface area contributed by atoms with E-state index in [1.54, 1.807) is 12.2 Å². The third-order valence-corrected chi connectivity index (χ3v) is 1.75. The lowest BCUT2D eigenvalue weighted by Gasteiger charge is -1.98. The molecule has 2 nitrogen and oxygen atoms in total. The van der Waals surface area contributed by atoms with Gasteiger partial charge in [-0.25, -0.2) is 0 Å². The molecule has 0 aliphatic heterocycles. The SMILES string of the molecule is CC.CC.CC(=O)C1=CCCCC=C1O.Cl. The highest BCUT2D eigenvalue weighted by molar-refractivity contribution is 5.96. The van der Waals surface area contributed by atoms with Crippen LogP contribution in [0.2, 0.25) is 0 Å². The third kappa shape index (κ3) is 8.54. The lowest BCUT2D eigenvalue weighted by atomic mass is 10.1. The van der Waals surface area contributed by atoms with Gasteiger partial charge in [0.15, 0.2) is 5.78 Å². The van der Waals surface area contributed by atoms with Crippen molar-refractivity contribution in [3.8, 4) is 0 Å². The first-order valence-corrected chi connectivity index (χ1v) is 5.82. The number of aliphatic hydroxyl groups excluding tert-OH is 1. The quantitative estimate of drug-likeness (QED) is 0.736. The first-order valence-electron chi connectivity index (χ1n) is 5.82. The summed E-state index contributed by atoms with van der Waals surface area (Å²) in [6.45, 7) is 9.47. The highest BCUT2D eigenvalue weighted by Gasteiger charge is 2.09. The lowest BCUT2D eigenvalue weighted by Crippen LogP contribution is -1.98. The molecule has 0 fully saturated rings. The Balaban J connectivity index is -0.000000305. The predicted octanol–water partition coefficient (Wildman–Crippen LogP) is 4.60. The van der Waals surface area contributed by atoms with Gasteiger partial charge in [0.2, 0.25) is 0 Å². The van der Waals surface area contributed by atoms with Gasteiger partial charge in [-0.1, -0.05) is 33.8 Å². The van der Waals surface area contributed by atoms with Crippen LogP contribution in [-0.4, -0.2) is 10.9 Å². The fourth-order valence-corrected chi connectivity index (χ4v) is 1.14. The highest BCUT2D eigenvalue weighted by Crippen LogP contribution is 2.16. The van der Waals surface area contributed by atoms with E-state index in [-0.39, 0.29) is 23.9 Å². The van der Waals surface area contributed by atoms with Crippen molar-refractivity contribution in [2.75, 3.05) is 0 Å². The van der Waals surface area contributed by atoms with Crippen molar-refractivity contribution in [2.45, 2.75) is 53.9 Å². The molecule has 1 N–H and O–H groups in total. The van der Waals surface area contributed by atoms with Gasteiger partial charge < -0.3 is 5.11 Å². The molecule has 16 heavy (non-hydrogen) atoms. The van der Waals surface area contributed by atoms with E-state index < -0.39 is 0 Å². The van der Waals surface area contributed by atoms with Gasteiger partial charge in [0.1, 0.15) is 5.76 Å². The summed E-state index contributed by atoms with van der Waals surface area (Å²) in [5.74, 6) is 0.0932. The highest BCUT2D eigenvalue weighted by atomic mass is 35.5. The maximum Gasteiger partial charge on any atom is 0.163 e. The third-order valence-electron chi connectivity index (χ3n) is 1.75. The van der Waals surface area contributed by atoms with Gasteiger partial charge in [-0.15, -0.1) is 12.4 Å². The summed E-state index contributed by atoms with van der Waals surface area (Å²) in [5.41, 5.74) is 0.475. The number of allylic oxidation sites excluding steroid dienone is 3. The number of Topliss-reactive ketones (excluding diaryl/α,β-unsaturated/α-hetero) is 1. The number of carbonyl (C=O) groups excluding carboxylic acids is 1. The first-order chi connectivity index (χ1) is 7.22. The number of carbonyl (C=O) groups is 1. The Morgan fingerprint density at radius 2 is 1.56 bits per heavy atom. The molecule has 0 saturated carbocycles. The van der Waals surface area contributed by atoms with Crippen LogP contribution < -0.4 is 0 Å². The van der Waals surface area contributed by atoms with Gasteiger partial charge in [-0.3, -0.25) is 4.79 Å². The second kappa shape index (κ2) is 14.2. The zero-order valence-electron chi connectivity index (χ0n) is 11.0. The summed E-state index contributed by atoms with van der Waals surface area (Å²) >= 11 is 0. The van der Waals surface area contributed by atoms with Crippen molar-refractivity contribution in [1.82, 2.24) is 0 Å². The smallest absolute Gasteiger partial charge is 0.163 e. The van der Waals surface area contributed by atoms with E-state index in [2.05, 4.69) is 0 Å². The Hall–Kier alpha value is -0.760. The molecule has 0 atom stereocenters. The maximum atomic E-state index is 10.9. The molecule has 0 heterocycles. The molecular formula is C13H25ClO2. The number of hydrogen-bond donors (Lipinski definition) is 1. The zero-order valence-corrected chi connectivity index (χ0v) is 11.9. The molecule has 1 aliphatic rings. The molecule has 0 bridgehead atoms. The lowest BCUT2D eigenvalue weighted by molar-refractivity contribution is -0.113. The summed E-state index contributed by atoms with van der Waals surface area (Å²) in [7, 11) is 0. The molecule has 0 spiro atoms. The fraction of sp³-hybridized carbons (Fsp3) is 0.615. The Bertz CT molecular complexity index is 230. The maximum absolute atomic E-state index is 10.9. The number of halogens is 1. The molecule has 0 aromatic rings. The first kappa shape index (κ1) is 20.6. The molecule has 3 heteroatoms. The average Bonchev–Trinajstić information content (AvgIpc) is 2.48. The van der Waals surface area contributed by atoms with Gasteiger partial charge in [0.05, 0.1) is 5.57 Å². The molecule has 0 radical (unpaired) electrons. The number of rotatable bonds is 1. The molecule has 0 amide bonds. The molecule has 0 aromatic carbocycles. The van der Waals surface area contributed by atoms with E-state index in [1.165, 1.54) is 6.92 Å². The van der Waals surface area contributed by atoms with Crippen molar-refractivity contribution in [2.24, 2.45) is 0 Å². The van der Waals surface area contributed by atoms with Gasteiger partial charge in [0.25, 0.3) is 0 Å². The van der Waals surface area contributed by atoms with Crippen LogP contribution in [0.5, 0.6) is 0 Å². The minimum absolute atomic E-state index is 0. The number of hydrogen-bond acceptors (Lipinski definition) is 2. The second-order valence-electron chi connectivity index (χ2n) is 2.69. The molecule has 1 rings (SSSR count). The van der Waals surface area contributed by atoms with E-state index in [4.69, 9.17) is 0 Å². The van der Waals surface area contributed by atoms with Crippen molar-refractivity contribution >= 4 is 18.2 Å². The van der Waals surface area contributed by atoms with Crippen LogP contribution in [0.15, 0.2) is 23.5 Å². The van der Waals surface area contributed by atoms with Crippen molar-refractivity contribution in [1.29, 1.82) is 0 Å².